The molecule has 1 aromatic carbocycles. The van der Waals surface area contributed by atoms with Gasteiger partial charge >= 0.3 is 0 Å². The first-order valence-corrected chi connectivity index (χ1v) is 9.58. The van der Waals surface area contributed by atoms with Crippen molar-refractivity contribution in [2.75, 3.05) is 44.7 Å². The van der Waals surface area contributed by atoms with E-state index in [0.717, 1.165) is 57.5 Å². The Labute approximate surface area is 156 Å². The summed E-state index contributed by atoms with van der Waals surface area (Å²) in [6, 6.07) is 7.98. The molecule has 2 aliphatic heterocycles. The molecule has 1 aromatic rings. The lowest BCUT2D eigenvalue weighted by molar-refractivity contribution is -0.114. The first kappa shape index (κ1) is 18.7. The van der Waals surface area contributed by atoms with Crippen molar-refractivity contribution in [2.45, 2.75) is 33.1 Å². The monoisotopic (exact) mass is 358 g/mol. The fourth-order valence-corrected chi connectivity index (χ4v) is 3.76. The maximum atomic E-state index is 11.1. The molecule has 0 bridgehead atoms. The van der Waals surface area contributed by atoms with Crippen LogP contribution in [0.2, 0.25) is 0 Å². The molecule has 2 heterocycles. The zero-order chi connectivity index (χ0) is 18.4. The molecule has 6 nitrogen and oxygen atoms in total. The number of anilines is 1. The highest BCUT2D eigenvalue weighted by atomic mass is 16.5. The normalized spacial score (nSPS) is 22.8. The summed E-state index contributed by atoms with van der Waals surface area (Å²) in [5.41, 5.74) is 2.40. The van der Waals surface area contributed by atoms with E-state index < -0.39 is 0 Å². The summed E-state index contributed by atoms with van der Waals surface area (Å²) in [6.45, 7) is 9.16. The van der Waals surface area contributed by atoms with E-state index in [9.17, 15) is 4.79 Å². The SMILES string of the molecule is CCNC(=NCCc1ccc(NC(C)=O)cc1)N1CCC2(CCOC2)C1. The number of carbonyl (C=O) groups excluding carboxylic acids is 1. The molecule has 2 aliphatic rings. The molecule has 1 atom stereocenters. The van der Waals surface area contributed by atoms with Gasteiger partial charge in [0, 0.05) is 50.8 Å². The van der Waals surface area contributed by atoms with Crippen LogP contribution in [0.25, 0.3) is 0 Å². The van der Waals surface area contributed by atoms with Gasteiger partial charge in [0.25, 0.3) is 0 Å². The van der Waals surface area contributed by atoms with E-state index >= 15 is 0 Å². The zero-order valence-corrected chi connectivity index (χ0v) is 15.9. The van der Waals surface area contributed by atoms with Crippen molar-refractivity contribution >= 4 is 17.6 Å². The number of ether oxygens (including phenoxy) is 1. The lowest BCUT2D eigenvalue weighted by Crippen LogP contribution is -2.41. The van der Waals surface area contributed by atoms with Gasteiger partial charge in [-0.15, -0.1) is 0 Å². The quantitative estimate of drug-likeness (QED) is 0.626. The molecule has 2 fully saturated rings. The fourth-order valence-electron chi connectivity index (χ4n) is 3.76. The Balaban J connectivity index is 1.55. The van der Waals surface area contributed by atoms with Gasteiger partial charge in [-0.3, -0.25) is 9.79 Å². The molecule has 0 aliphatic carbocycles. The van der Waals surface area contributed by atoms with Crippen LogP contribution >= 0.6 is 0 Å². The Hall–Kier alpha value is -2.08. The van der Waals surface area contributed by atoms with Gasteiger partial charge in [-0.1, -0.05) is 12.1 Å². The van der Waals surface area contributed by atoms with E-state index in [2.05, 4.69) is 34.6 Å². The Bertz CT molecular complexity index is 636. The second-order valence-electron chi connectivity index (χ2n) is 7.34. The molecule has 0 saturated carbocycles. The minimum atomic E-state index is -0.0475. The highest BCUT2D eigenvalue weighted by molar-refractivity contribution is 5.88. The number of amides is 1. The number of guanidine groups is 1. The third-order valence-corrected chi connectivity index (χ3v) is 5.19. The molecule has 6 heteroatoms. The second-order valence-corrected chi connectivity index (χ2v) is 7.34. The van der Waals surface area contributed by atoms with E-state index in [0.29, 0.717) is 5.41 Å². The summed E-state index contributed by atoms with van der Waals surface area (Å²) in [6.07, 6.45) is 3.25. The van der Waals surface area contributed by atoms with Crippen LogP contribution < -0.4 is 10.6 Å². The lowest BCUT2D eigenvalue weighted by Gasteiger charge is -2.25. The molecule has 2 N–H and O–H groups in total. The second kappa shape index (κ2) is 8.54. The van der Waals surface area contributed by atoms with Crippen LogP contribution in [0.3, 0.4) is 0 Å². The van der Waals surface area contributed by atoms with Crippen molar-refractivity contribution in [3.8, 4) is 0 Å². The predicted molar refractivity (Wildman–Crippen MR) is 104 cm³/mol. The van der Waals surface area contributed by atoms with Gasteiger partial charge in [-0.05, 0) is 43.9 Å². The molecule has 3 rings (SSSR count). The van der Waals surface area contributed by atoms with Gasteiger partial charge in [0.1, 0.15) is 0 Å². The lowest BCUT2D eigenvalue weighted by atomic mass is 9.87. The summed E-state index contributed by atoms with van der Waals surface area (Å²) < 4.78 is 5.63. The van der Waals surface area contributed by atoms with E-state index in [-0.39, 0.29) is 5.91 Å². The maximum Gasteiger partial charge on any atom is 0.221 e. The summed E-state index contributed by atoms with van der Waals surface area (Å²) in [5.74, 6) is 0.972. The number of carbonyl (C=O) groups is 1. The summed E-state index contributed by atoms with van der Waals surface area (Å²) in [7, 11) is 0. The summed E-state index contributed by atoms with van der Waals surface area (Å²) >= 11 is 0. The van der Waals surface area contributed by atoms with Crippen molar-refractivity contribution in [2.24, 2.45) is 10.4 Å². The number of likely N-dealkylation sites (tertiary alicyclic amines) is 1. The van der Waals surface area contributed by atoms with E-state index in [1.165, 1.54) is 25.3 Å². The molecule has 2 saturated heterocycles. The number of hydrogen-bond acceptors (Lipinski definition) is 3. The van der Waals surface area contributed by atoms with E-state index in [1.807, 2.05) is 12.1 Å². The molecule has 1 unspecified atom stereocenters. The van der Waals surface area contributed by atoms with Gasteiger partial charge in [-0.2, -0.15) is 0 Å². The van der Waals surface area contributed by atoms with Gasteiger partial charge < -0.3 is 20.3 Å². The number of rotatable bonds is 5. The highest BCUT2D eigenvalue weighted by Gasteiger charge is 2.42. The minimum Gasteiger partial charge on any atom is -0.381 e. The molecule has 1 amide bonds. The van der Waals surface area contributed by atoms with Crippen LogP contribution in [0.4, 0.5) is 5.69 Å². The Kier molecular flexibility index (Phi) is 6.14. The minimum absolute atomic E-state index is 0.0475. The Morgan fingerprint density at radius 1 is 1.31 bits per heavy atom. The van der Waals surface area contributed by atoms with E-state index in [1.54, 1.807) is 0 Å². The third kappa shape index (κ3) is 4.75. The van der Waals surface area contributed by atoms with Crippen molar-refractivity contribution in [3.05, 3.63) is 29.8 Å². The molecule has 0 radical (unpaired) electrons. The van der Waals surface area contributed by atoms with Crippen LogP contribution in [0.5, 0.6) is 0 Å². The largest absolute Gasteiger partial charge is 0.381 e. The number of nitrogens with one attached hydrogen (secondary N) is 2. The molecule has 0 aromatic heterocycles. The molecular weight excluding hydrogens is 328 g/mol. The average molecular weight is 358 g/mol. The number of benzene rings is 1. The Morgan fingerprint density at radius 2 is 2.12 bits per heavy atom. The average Bonchev–Trinajstić information content (AvgIpc) is 3.25. The molecule has 26 heavy (non-hydrogen) atoms. The van der Waals surface area contributed by atoms with E-state index in [4.69, 9.17) is 9.73 Å². The van der Waals surface area contributed by atoms with Gasteiger partial charge in [-0.25, -0.2) is 0 Å². The molecular formula is C20H30N4O2. The zero-order valence-electron chi connectivity index (χ0n) is 15.9. The first-order chi connectivity index (χ1) is 12.6. The predicted octanol–water partition coefficient (Wildman–Crippen LogP) is 2.27. The molecule has 1 spiro atoms. The molecule has 142 valence electrons. The number of aliphatic imine (C=N–C) groups is 1. The van der Waals surface area contributed by atoms with Crippen LogP contribution in [-0.4, -0.2) is 56.2 Å². The third-order valence-electron chi connectivity index (χ3n) is 5.19. The van der Waals surface area contributed by atoms with Crippen molar-refractivity contribution in [1.29, 1.82) is 0 Å². The standard InChI is InChI=1S/C20H30N4O2/c1-3-21-19(24-12-9-20(14-24)10-13-26-15-20)22-11-8-17-4-6-18(7-5-17)23-16(2)25/h4-7H,3,8-15H2,1-2H3,(H,21,22)(H,23,25). The van der Waals surface area contributed by atoms with Crippen LogP contribution in [0.1, 0.15) is 32.3 Å². The van der Waals surface area contributed by atoms with Crippen LogP contribution in [0, 0.1) is 5.41 Å². The summed E-state index contributed by atoms with van der Waals surface area (Å²) in [4.78, 5) is 18.3. The Morgan fingerprint density at radius 3 is 2.77 bits per heavy atom. The van der Waals surface area contributed by atoms with Gasteiger partial charge in [0.05, 0.1) is 6.61 Å². The van der Waals surface area contributed by atoms with Crippen LogP contribution in [0.15, 0.2) is 29.3 Å². The van der Waals surface area contributed by atoms with Gasteiger partial charge in [0.15, 0.2) is 5.96 Å². The number of nitrogens with zero attached hydrogens (tertiary/aromatic N) is 2. The van der Waals surface area contributed by atoms with Crippen molar-refractivity contribution in [3.63, 3.8) is 0 Å². The topological polar surface area (TPSA) is 66.0 Å². The maximum absolute atomic E-state index is 11.1. The first-order valence-electron chi connectivity index (χ1n) is 9.58. The number of hydrogen-bond donors (Lipinski definition) is 2. The van der Waals surface area contributed by atoms with Crippen molar-refractivity contribution in [1.82, 2.24) is 10.2 Å². The van der Waals surface area contributed by atoms with Crippen molar-refractivity contribution < 1.29 is 9.53 Å². The van der Waals surface area contributed by atoms with Gasteiger partial charge in [0.2, 0.25) is 5.91 Å². The highest BCUT2D eigenvalue weighted by Crippen LogP contribution is 2.38. The fraction of sp³-hybridized carbons (Fsp3) is 0.600. The summed E-state index contributed by atoms with van der Waals surface area (Å²) in [5, 5.41) is 6.23. The van der Waals surface area contributed by atoms with Crippen LogP contribution in [-0.2, 0) is 16.0 Å². The smallest absolute Gasteiger partial charge is 0.221 e.